The van der Waals surface area contributed by atoms with Crippen LogP contribution in [0, 0.1) is 0 Å². The largest absolute Gasteiger partial charge is 0.320 e. The lowest BCUT2D eigenvalue weighted by molar-refractivity contribution is 0.904. The van der Waals surface area contributed by atoms with E-state index in [0.29, 0.717) is 0 Å². The van der Waals surface area contributed by atoms with Gasteiger partial charge in [0, 0.05) is 4.88 Å². The Bertz CT molecular complexity index is 1110. The van der Waals surface area contributed by atoms with Gasteiger partial charge in [-0.1, -0.05) is 60.7 Å². The van der Waals surface area contributed by atoms with Crippen molar-refractivity contribution >= 4 is 43.7 Å². The quantitative estimate of drug-likeness (QED) is 0.416. The van der Waals surface area contributed by atoms with Crippen LogP contribution in [0.5, 0.6) is 0 Å². The van der Waals surface area contributed by atoms with Crippen LogP contribution in [0.2, 0.25) is 0 Å². The summed E-state index contributed by atoms with van der Waals surface area (Å²) in [5.41, 5.74) is 7.78. The van der Waals surface area contributed by atoms with Crippen LogP contribution in [0.1, 0.15) is 16.5 Å². The van der Waals surface area contributed by atoms with Gasteiger partial charge in [-0.2, -0.15) is 0 Å². The summed E-state index contributed by atoms with van der Waals surface area (Å²) in [6.07, 6.45) is 0. The first-order chi connectivity index (χ1) is 11.3. The van der Waals surface area contributed by atoms with Crippen LogP contribution in [-0.2, 0) is 0 Å². The van der Waals surface area contributed by atoms with E-state index < -0.39 is 0 Å². The van der Waals surface area contributed by atoms with E-state index in [4.69, 9.17) is 5.73 Å². The Balaban J connectivity index is 1.91. The van der Waals surface area contributed by atoms with Crippen molar-refractivity contribution in [1.82, 2.24) is 0 Å². The van der Waals surface area contributed by atoms with E-state index in [1.54, 1.807) is 11.3 Å². The first kappa shape index (κ1) is 13.1. The highest BCUT2D eigenvalue weighted by molar-refractivity contribution is 7.10. The Hall–Kier alpha value is -2.42. The zero-order valence-corrected chi connectivity index (χ0v) is 13.3. The minimum absolute atomic E-state index is 0.0698. The summed E-state index contributed by atoms with van der Waals surface area (Å²) in [5, 5.41) is 9.92. The van der Waals surface area contributed by atoms with Gasteiger partial charge in [-0.05, 0) is 49.3 Å². The molecule has 2 heteroatoms. The SMILES string of the molecule is N[C@H](c1cccs1)c1ccc2ccc3cccc4ccc1c2c34. The second-order valence-corrected chi connectivity index (χ2v) is 6.98. The van der Waals surface area contributed by atoms with Gasteiger partial charge in [0.15, 0.2) is 0 Å². The zero-order valence-electron chi connectivity index (χ0n) is 12.5. The standard InChI is InChI=1S/C21H15NS/c22-21(18-5-2-12-23-18)17-11-9-15-7-6-13-3-1-4-14-8-10-16(17)20(15)19(13)14/h1-12,21H,22H2/t21-/m0/s1. The number of nitrogens with two attached hydrogens (primary N) is 1. The monoisotopic (exact) mass is 313 g/mol. The molecule has 1 atom stereocenters. The molecule has 4 aromatic carbocycles. The van der Waals surface area contributed by atoms with Gasteiger partial charge in [0.05, 0.1) is 6.04 Å². The van der Waals surface area contributed by atoms with Crippen LogP contribution in [-0.4, -0.2) is 0 Å². The van der Waals surface area contributed by atoms with Gasteiger partial charge >= 0.3 is 0 Å². The lowest BCUT2D eigenvalue weighted by Gasteiger charge is -2.17. The van der Waals surface area contributed by atoms with Crippen molar-refractivity contribution in [3.63, 3.8) is 0 Å². The summed E-state index contributed by atoms with van der Waals surface area (Å²) in [7, 11) is 0. The molecule has 0 fully saturated rings. The Morgan fingerprint density at radius 2 is 1.39 bits per heavy atom. The third-order valence-electron chi connectivity index (χ3n) is 4.75. The fraction of sp³-hybridized carbons (Fsp3) is 0.0476. The highest BCUT2D eigenvalue weighted by Crippen LogP contribution is 2.38. The van der Waals surface area contributed by atoms with Crippen molar-refractivity contribution in [3.8, 4) is 0 Å². The van der Waals surface area contributed by atoms with E-state index in [9.17, 15) is 0 Å². The van der Waals surface area contributed by atoms with Gasteiger partial charge in [-0.3, -0.25) is 0 Å². The number of hydrogen-bond donors (Lipinski definition) is 1. The number of benzene rings is 4. The molecule has 0 aliphatic rings. The molecule has 1 heterocycles. The molecule has 5 aromatic rings. The lowest BCUT2D eigenvalue weighted by Crippen LogP contribution is -2.10. The summed E-state index contributed by atoms with van der Waals surface area (Å²) in [6.45, 7) is 0. The van der Waals surface area contributed by atoms with Crippen molar-refractivity contribution < 1.29 is 0 Å². The fourth-order valence-electron chi connectivity index (χ4n) is 3.65. The molecule has 0 saturated carbocycles. The maximum Gasteiger partial charge on any atom is 0.0652 e. The van der Waals surface area contributed by atoms with Crippen LogP contribution < -0.4 is 5.73 Å². The van der Waals surface area contributed by atoms with Crippen LogP contribution in [0.4, 0.5) is 0 Å². The van der Waals surface area contributed by atoms with Gasteiger partial charge in [0.25, 0.3) is 0 Å². The number of hydrogen-bond acceptors (Lipinski definition) is 2. The summed E-state index contributed by atoms with van der Waals surface area (Å²) in [6, 6.07) is 23.9. The first-order valence-electron chi connectivity index (χ1n) is 7.78. The van der Waals surface area contributed by atoms with Crippen molar-refractivity contribution in [1.29, 1.82) is 0 Å². The van der Waals surface area contributed by atoms with Gasteiger partial charge in [-0.15, -0.1) is 11.3 Å². The predicted octanol–water partition coefficient (Wildman–Crippen LogP) is 5.69. The third-order valence-corrected chi connectivity index (χ3v) is 5.70. The van der Waals surface area contributed by atoms with E-state index in [-0.39, 0.29) is 6.04 Å². The van der Waals surface area contributed by atoms with Gasteiger partial charge in [0.2, 0.25) is 0 Å². The van der Waals surface area contributed by atoms with Crippen molar-refractivity contribution in [2.24, 2.45) is 5.73 Å². The number of thiophene rings is 1. The molecule has 0 amide bonds. The van der Waals surface area contributed by atoms with Crippen LogP contribution in [0.25, 0.3) is 32.3 Å². The van der Waals surface area contributed by atoms with Crippen molar-refractivity contribution in [3.05, 3.63) is 82.6 Å². The second kappa shape index (κ2) is 4.79. The molecule has 0 spiro atoms. The van der Waals surface area contributed by atoms with E-state index in [0.717, 1.165) is 0 Å². The second-order valence-electron chi connectivity index (χ2n) is 6.00. The Morgan fingerprint density at radius 1 is 0.696 bits per heavy atom. The molecule has 0 saturated heterocycles. The Labute approximate surface area is 138 Å². The van der Waals surface area contributed by atoms with E-state index in [1.807, 2.05) is 0 Å². The molecule has 5 rings (SSSR count). The molecule has 1 nitrogen and oxygen atoms in total. The topological polar surface area (TPSA) is 26.0 Å². The highest BCUT2D eigenvalue weighted by atomic mass is 32.1. The number of rotatable bonds is 2. The minimum Gasteiger partial charge on any atom is -0.320 e. The van der Waals surface area contributed by atoms with Gasteiger partial charge < -0.3 is 5.73 Å². The molecular weight excluding hydrogens is 298 g/mol. The minimum atomic E-state index is -0.0698. The predicted molar refractivity (Wildman–Crippen MR) is 100 cm³/mol. The van der Waals surface area contributed by atoms with Crippen LogP contribution >= 0.6 is 11.3 Å². The van der Waals surface area contributed by atoms with E-state index >= 15 is 0 Å². The van der Waals surface area contributed by atoms with E-state index in [2.05, 4.69) is 72.1 Å². The maximum absolute atomic E-state index is 6.57. The summed E-state index contributed by atoms with van der Waals surface area (Å²) in [5.74, 6) is 0. The highest BCUT2D eigenvalue weighted by Gasteiger charge is 2.16. The molecule has 0 bridgehead atoms. The summed E-state index contributed by atoms with van der Waals surface area (Å²) >= 11 is 1.72. The molecule has 110 valence electrons. The lowest BCUT2D eigenvalue weighted by atomic mass is 9.90. The van der Waals surface area contributed by atoms with E-state index in [1.165, 1.54) is 42.8 Å². The summed E-state index contributed by atoms with van der Waals surface area (Å²) in [4.78, 5) is 1.21. The average molecular weight is 313 g/mol. The summed E-state index contributed by atoms with van der Waals surface area (Å²) < 4.78 is 0. The first-order valence-corrected chi connectivity index (χ1v) is 8.66. The zero-order chi connectivity index (χ0) is 15.4. The molecule has 0 radical (unpaired) electrons. The van der Waals surface area contributed by atoms with Crippen molar-refractivity contribution in [2.75, 3.05) is 0 Å². The Morgan fingerprint density at radius 3 is 2.13 bits per heavy atom. The normalized spacial score (nSPS) is 13.3. The molecule has 0 unspecified atom stereocenters. The van der Waals surface area contributed by atoms with Crippen molar-refractivity contribution in [2.45, 2.75) is 6.04 Å². The van der Waals surface area contributed by atoms with Crippen LogP contribution in [0.3, 0.4) is 0 Å². The molecular formula is C21H15NS. The fourth-order valence-corrected chi connectivity index (χ4v) is 4.40. The maximum atomic E-state index is 6.57. The molecule has 2 N–H and O–H groups in total. The van der Waals surface area contributed by atoms with Gasteiger partial charge in [0.1, 0.15) is 0 Å². The van der Waals surface area contributed by atoms with Crippen LogP contribution in [0.15, 0.2) is 72.1 Å². The average Bonchev–Trinajstić information content (AvgIpc) is 3.13. The molecule has 0 aliphatic carbocycles. The molecule has 23 heavy (non-hydrogen) atoms. The van der Waals surface area contributed by atoms with Gasteiger partial charge in [-0.25, -0.2) is 0 Å². The molecule has 0 aliphatic heterocycles. The smallest absolute Gasteiger partial charge is 0.0652 e. The Kier molecular flexibility index (Phi) is 2.72. The third kappa shape index (κ3) is 1.83. The molecule has 1 aromatic heterocycles.